The van der Waals surface area contributed by atoms with Crippen molar-refractivity contribution in [3.63, 3.8) is 0 Å². The number of aliphatic imine (C=N–C) groups is 1. The largest absolute Gasteiger partial charge is 0.361 e. The van der Waals surface area contributed by atoms with Gasteiger partial charge in [-0.25, -0.2) is 0 Å². The van der Waals surface area contributed by atoms with E-state index in [9.17, 15) is 0 Å². The molecule has 2 heteroatoms. The molecule has 0 radical (unpaired) electrons. The molecule has 0 saturated carbocycles. The van der Waals surface area contributed by atoms with Gasteiger partial charge in [0.25, 0.3) is 0 Å². The Kier molecular flexibility index (Phi) is 1.26. The Morgan fingerprint density at radius 1 is 1.56 bits per heavy atom. The topological polar surface area (TPSA) is 15.6 Å². The molecule has 0 saturated heterocycles. The van der Waals surface area contributed by atoms with Crippen LogP contribution in [0.1, 0.15) is 20.8 Å². The first-order valence-electron chi connectivity index (χ1n) is 3.29. The molecule has 0 bridgehead atoms. The van der Waals surface area contributed by atoms with Crippen LogP contribution in [-0.4, -0.2) is 29.9 Å². The lowest BCUT2D eigenvalue weighted by atomic mass is 10.1. The van der Waals surface area contributed by atoms with Crippen molar-refractivity contribution >= 4 is 5.84 Å². The molecule has 1 aliphatic heterocycles. The number of nitrogens with zero attached hydrogens (tertiary/aromatic N) is 2. The van der Waals surface area contributed by atoms with Crippen molar-refractivity contribution in [3.8, 4) is 0 Å². The third-order valence-corrected chi connectivity index (χ3v) is 1.64. The summed E-state index contributed by atoms with van der Waals surface area (Å²) in [6, 6.07) is 0. The highest BCUT2D eigenvalue weighted by Crippen LogP contribution is 2.17. The van der Waals surface area contributed by atoms with Crippen LogP contribution in [0.25, 0.3) is 0 Å². The molecule has 2 nitrogen and oxygen atoms in total. The molecule has 0 aromatic rings. The fourth-order valence-corrected chi connectivity index (χ4v) is 1.25. The molecule has 0 aliphatic carbocycles. The zero-order valence-corrected chi connectivity index (χ0v) is 6.60. The van der Waals surface area contributed by atoms with E-state index in [1.807, 2.05) is 0 Å². The molecule has 0 N–H and O–H groups in total. The van der Waals surface area contributed by atoms with E-state index in [0.717, 1.165) is 12.4 Å². The van der Waals surface area contributed by atoms with E-state index in [1.54, 1.807) is 0 Å². The summed E-state index contributed by atoms with van der Waals surface area (Å²) in [5.41, 5.74) is 0.152. The van der Waals surface area contributed by atoms with Gasteiger partial charge in [0, 0.05) is 13.6 Å². The van der Waals surface area contributed by atoms with Gasteiger partial charge in [-0.3, -0.25) is 4.99 Å². The van der Waals surface area contributed by atoms with Crippen molar-refractivity contribution in [1.29, 1.82) is 0 Å². The average molecular weight is 126 g/mol. The van der Waals surface area contributed by atoms with E-state index in [4.69, 9.17) is 0 Å². The van der Waals surface area contributed by atoms with Crippen molar-refractivity contribution in [3.05, 3.63) is 0 Å². The van der Waals surface area contributed by atoms with Crippen LogP contribution in [-0.2, 0) is 0 Å². The highest BCUT2D eigenvalue weighted by Gasteiger charge is 2.25. The third kappa shape index (κ3) is 1.23. The Balaban J connectivity index is 2.74. The van der Waals surface area contributed by atoms with Crippen LogP contribution in [0.4, 0.5) is 0 Å². The van der Waals surface area contributed by atoms with Crippen molar-refractivity contribution in [2.45, 2.75) is 26.3 Å². The molecule has 0 fully saturated rings. The van der Waals surface area contributed by atoms with Crippen molar-refractivity contribution in [2.24, 2.45) is 4.99 Å². The maximum Gasteiger partial charge on any atom is 0.0963 e. The van der Waals surface area contributed by atoms with Crippen molar-refractivity contribution < 1.29 is 0 Å². The maximum absolute atomic E-state index is 4.44. The first kappa shape index (κ1) is 6.59. The van der Waals surface area contributed by atoms with E-state index in [-0.39, 0.29) is 5.54 Å². The van der Waals surface area contributed by atoms with Crippen LogP contribution in [0, 0.1) is 0 Å². The SMILES string of the molecule is CC1=NC(C)(C)CN1C. The second-order valence-electron chi connectivity index (χ2n) is 3.33. The molecule has 52 valence electrons. The summed E-state index contributed by atoms with van der Waals surface area (Å²) >= 11 is 0. The van der Waals surface area contributed by atoms with E-state index in [0.29, 0.717) is 0 Å². The van der Waals surface area contributed by atoms with Gasteiger partial charge in [-0.05, 0) is 20.8 Å². The smallest absolute Gasteiger partial charge is 0.0963 e. The van der Waals surface area contributed by atoms with E-state index in [2.05, 4.69) is 37.7 Å². The summed E-state index contributed by atoms with van der Waals surface area (Å²) < 4.78 is 0. The van der Waals surface area contributed by atoms with E-state index < -0.39 is 0 Å². The highest BCUT2D eigenvalue weighted by molar-refractivity contribution is 5.81. The zero-order chi connectivity index (χ0) is 7.07. The summed E-state index contributed by atoms with van der Waals surface area (Å²) in [5.74, 6) is 1.15. The summed E-state index contributed by atoms with van der Waals surface area (Å²) in [6.07, 6.45) is 0. The maximum atomic E-state index is 4.44. The van der Waals surface area contributed by atoms with Crippen LogP contribution in [0.2, 0.25) is 0 Å². The molecular weight excluding hydrogens is 112 g/mol. The Morgan fingerprint density at radius 2 is 2.11 bits per heavy atom. The van der Waals surface area contributed by atoms with Gasteiger partial charge in [-0.15, -0.1) is 0 Å². The molecule has 1 aliphatic rings. The summed E-state index contributed by atoms with van der Waals surface area (Å²) in [6.45, 7) is 7.41. The second-order valence-corrected chi connectivity index (χ2v) is 3.33. The molecule has 0 spiro atoms. The highest BCUT2D eigenvalue weighted by atomic mass is 15.2. The first-order chi connectivity index (χ1) is 4.01. The number of likely N-dealkylation sites (N-methyl/N-ethyl adjacent to an activating group) is 1. The number of hydrogen-bond acceptors (Lipinski definition) is 2. The van der Waals surface area contributed by atoms with Gasteiger partial charge in [-0.2, -0.15) is 0 Å². The first-order valence-corrected chi connectivity index (χ1v) is 3.29. The number of amidine groups is 1. The molecule has 0 aromatic carbocycles. The molecule has 0 unspecified atom stereocenters. The van der Waals surface area contributed by atoms with Crippen LogP contribution in [0.3, 0.4) is 0 Å². The fraction of sp³-hybridized carbons (Fsp3) is 0.857. The lowest BCUT2D eigenvalue weighted by molar-refractivity contribution is 0.425. The molecule has 1 heterocycles. The summed E-state index contributed by atoms with van der Waals surface area (Å²) in [7, 11) is 2.08. The third-order valence-electron chi connectivity index (χ3n) is 1.64. The summed E-state index contributed by atoms with van der Waals surface area (Å²) in [5, 5.41) is 0. The quantitative estimate of drug-likeness (QED) is 0.475. The van der Waals surface area contributed by atoms with Gasteiger partial charge in [0.1, 0.15) is 0 Å². The predicted octanol–water partition coefficient (Wildman–Crippen LogP) is 1.13. The van der Waals surface area contributed by atoms with Gasteiger partial charge >= 0.3 is 0 Å². The van der Waals surface area contributed by atoms with Gasteiger partial charge in [0.15, 0.2) is 0 Å². The minimum Gasteiger partial charge on any atom is -0.361 e. The van der Waals surface area contributed by atoms with Crippen LogP contribution in [0.5, 0.6) is 0 Å². The molecular formula is C7H14N2. The standard InChI is InChI=1S/C7H14N2/c1-6-8-7(2,3)5-9(6)4/h5H2,1-4H3. The lowest BCUT2D eigenvalue weighted by Crippen LogP contribution is -2.27. The Morgan fingerprint density at radius 3 is 2.22 bits per heavy atom. The Hall–Kier alpha value is -0.530. The lowest BCUT2D eigenvalue weighted by Gasteiger charge is -2.15. The number of rotatable bonds is 0. The molecule has 9 heavy (non-hydrogen) atoms. The minimum absolute atomic E-state index is 0.152. The summed E-state index contributed by atoms with van der Waals surface area (Å²) in [4.78, 5) is 6.62. The van der Waals surface area contributed by atoms with E-state index >= 15 is 0 Å². The fourth-order valence-electron chi connectivity index (χ4n) is 1.25. The predicted molar refractivity (Wildman–Crippen MR) is 39.8 cm³/mol. The average Bonchev–Trinajstić information content (AvgIpc) is 1.79. The monoisotopic (exact) mass is 126 g/mol. The molecule has 0 atom stereocenters. The second kappa shape index (κ2) is 1.72. The van der Waals surface area contributed by atoms with Gasteiger partial charge in [0.2, 0.25) is 0 Å². The van der Waals surface area contributed by atoms with Gasteiger partial charge in [0.05, 0.1) is 11.4 Å². The van der Waals surface area contributed by atoms with Gasteiger partial charge in [-0.1, -0.05) is 0 Å². The molecule has 1 rings (SSSR count). The van der Waals surface area contributed by atoms with Crippen LogP contribution < -0.4 is 0 Å². The van der Waals surface area contributed by atoms with Crippen LogP contribution in [0.15, 0.2) is 4.99 Å². The Bertz CT molecular complexity index is 147. The van der Waals surface area contributed by atoms with Gasteiger partial charge < -0.3 is 4.90 Å². The van der Waals surface area contributed by atoms with Crippen molar-refractivity contribution in [1.82, 2.24) is 4.90 Å². The normalized spacial score (nSPS) is 24.4. The van der Waals surface area contributed by atoms with Crippen LogP contribution >= 0.6 is 0 Å². The van der Waals surface area contributed by atoms with E-state index in [1.165, 1.54) is 0 Å². The van der Waals surface area contributed by atoms with Crippen molar-refractivity contribution in [2.75, 3.05) is 13.6 Å². The molecule has 0 amide bonds. The number of hydrogen-bond donors (Lipinski definition) is 0. The Labute approximate surface area is 56.6 Å². The minimum atomic E-state index is 0.152. The molecule has 0 aromatic heterocycles. The zero-order valence-electron chi connectivity index (χ0n) is 6.60.